The van der Waals surface area contributed by atoms with Crippen LogP contribution < -0.4 is 0 Å². The minimum absolute atomic E-state index is 0.0707. The van der Waals surface area contributed by atoms with Gasteiger partial charge in [0, 0.05) is 17.1 Å². The van der Waals surface area contributed by atoms with Gasteiger partial charge in [0.05, 0.1) is 17.9 Å². The Morgan fingerprint density at radius 3 is 2.50 bits per heavy atom. The number of likely N-dealkylation sites (N-methyl/N-ethyl adjacent to an activating group) is 1. The van der Waals surface area contributed by atoms with Crippen LogP contribution in [0.3, 0.4) is 0 Å². The Morgan fingerprint density at radius 1 is 1.12 bits per heavy atom. The van der Waals surface area contributed by atoms with E-state index in [-0.39, 0.29) is 29.7 Å². The largest absolute Gasteiger partial charge is 0.508 e. The molecule has 1 aromatic heterocycles. The van der Waals surface area contributed by atoms with Crippen LogP contribution in [0.4, 0.5) is 0 Å². The van der Waals surface area contributed by atoms with Crippen LogP contribution in [-0.2, 0) is 27.2 Å². The van der Waals surface area contributed by atoms with Crippen LogP contribution in [0.5, 0.6) is 5.75 Å². The second-order valence-electron chi connectivity index (χ2n) is 11.4. The maximum Gasteiger partial charge on any atom is 0.202 e. The minimum atomic E-state index is -2.58. The molecule has 40 heavy (non-hydrogen) atoms. The fraction of sp³-hybridized carbons (Fsp3) is 0.452. The van der Waals surface area contributed by atoms with Gasteiger partial charge < -0.3 is 24.8 Å². The number of phenols is 1. The molecular formula is C31H35NO8. The molecule has 212 valence electrons. The van der Waals surface area contributed by atoms with Crippen molar-refractivity contribution < 1.29 is 39.2 Å². The molecule has 2 aromatic rings. The smallest absolute Gasteiger partial charge is 0.202 e. The predicted molar refractivity (Wildman–Crippen MR) is 147 cm³/mol. The first kappa shape index (κ1) is 27.9. The van der Waals surface area contributed by atoms with E-state index in [0.29, 0.717) is 16.9 Å². The zero-order valence-electron chi connectivity index (χ0n) is 23.2. The third-order valence-corrected chi connectivity index (χ3v) is 8.75. The number of phenolic OH excluding ortho intramolecular Hbond substituents is 1. The fourth-order valence-corrected chi connectivity index (χ4v) is 6.89. The van der Waals surface area contributed by atoms with Crippen LogP contribution in [-0.4, -0.2) is 68.4 Å². The third kappa shape index (κ3) is 3.94. The Hall–Kier alpha value is -3.69. The number of aliphatic hydroxyl groups excluding tert-OH is 2. The van der Waals surface area contributed by atoms with E-state index in [2.05, 4.69) is 6.92 Å². The number of Topliss-reactive ketones (excluding diaryl/α,β-unsaturated/α-hetero) is 3. The molecule has 3 aliphatic carbocycles. The summed E-state index contributed by atoms with van der Waals surface area (Å²) in [5.41, 5.74) is -0.968. The lowest BCUT2D eigenvalue weighted by atomic mass is 9.57. The quantitative estimate of drug-likeness (QED) is 0.296. The lowest BCUT2D eigenvalue weighted by molar-refractivity contribution is -0.153. The van der Waals surface area contributed by atoms with Crippen LogP contribution in [0.1, 0.15) is 56.2 Å². The summed E-state index contributed by atoms with van der Waals surface area (Å²) < 4.78 is 5.88. The summed E-state index contributed by atoms with van der Waals surface area (Å²) in [5.74, 6) is -5.16. The van der Waals surface area contributed by atoms with Crippen molar-refractivity contribution >= 4 is 23.1 Å². The fourth-order valence-electron chi connectivity index (χ4n) is 6.89. The van der Waals surface area contributed by atoms with Crippen molar-refractivity contribution in [3.63, 3.8) is 0 Å². The molecule has 0 spiro atoms. The van der Waals surface area contributed by atoms with E-state index in [4.69, 9.17) is 4.42 Å². The number of carbonyl (C=O) groups is 3. The second kappa shape index (κ2) is 10.1. The highest BCUT2D eigenvalue weighted by Gasteiger charge is 2.64. The molecule has 1 heterocycles. The van der Waals surface area contributed by atoms with Crippen LogP contribution in [0.25, 0.3) is 17.1 Å². The number of hydrogen-bond donors (Lipinski definition) is 4. The van der Waals surface area contributed by atoms with Gasteiger partial charge in [-0.2, -0.15) is 0 Å². The van der Waals surface area contributed by atoms with Gasteiger partial charge in [-0.3, -0.25) is 19.3 Å². The highest BCUT2D eigenvalue weighted by atomic mass is 16.3. The Morgan fingerprint density at radius 2 is 1.85 bits per heavy atom. The van der Waals surface area contributed by atoms with Gasteiger partial charge in [0.15, 0.2) is 17.2 Å². The molecule has 9 heteroatoms. The van der Waals surface area contributed by atoms with Gasteiger partial charge in [-0.05, 0) is 81.9 Å². The van der Waals surface area contributed by atoms with E-state index in [1.807, 2.05) is 6.07 Å². The number of rotatable bonds is 7. The highest BCUT2D eigenvalue weighted by molar-refractivity contribution is 6.25. The van der Waals surface area contributed by atoms with Gasteiger partial charge in [0.25, 0.3) is 0 Å². The molecule has 1 saturated carbocycles. The minimum Gasteiger partial charge on any atom is -0.508 e. The van der Waals surface area contributed by atoms with Crippen molar-refractivity contribution in [2.24, 2.45) is 11.8 Å². The summed E-state index contributed by atoms with van der Waals surface area (Å²) in [5, 5.41) is 45.1. The third-order valence-electron chi connectivity index (χ3n) is 8.75. The van der Waals surface area contributed by atoms with Gasteiger partial charge >= 0.3 is 0 Å². The Kier molecular flexibility index (Phi) is 7.00. The van der Waals surface area contributed by atoms with Gasteiger partial charge in [-0.15, -0.1) is 0 Å². The molecule has 3 aliphatic rings. The normalized spacial score (nSPS) is 26.2. The number of hydrogen-bond acceptors (Lipinski definition) is 9. The molecule has 1 aromatic carbocycles. The lowest BCUT2D eigenvalue weighted by Crippen LogP contribution is -2.65. The van der Waals surface area contributed by atoms with E-state index in [1.54, 1.807) is 26.4 Å². The van der Waals surface area contributed by atoms with Crippen molar-refractivity contribution in [2.75, 3.05) is 14.1 Å². The standard InChI is InChI=1S/C31H35NO8/c1-5-6-7-8-16-11-12-40-28(16)18-9-10-21(34)24-19(18)13-17-14-20-25(32(3)4)27(36)22(15(2)33)29(37)31(20,39)30(38)23(17)26(24)35/h9-12,17,20,25,34-35,37,39H,5-8,13-14H2,1-4H3/t17-,20-,25-,31+/m0/s1. The van der Waals surface area contributed by atoms with Gasteiger partial charge in [0.1, 0.15) is 28.6 Å². The summed E-state index contributed by atoms with van der Waals surface area (Å²) in [6.45, 7) is 3.22. The number of benzene rings is 1. The maximum atomic E-state index is 14.0. The molecule has 0 aliphatic heterocycles. The number of unbranched alkanes of at least 4 members (excludes halogenated alkanes) is 2. The van der Waals surface area contributed by atoms with E-state index >= 15 is 0 Å². The molecule has 5 rings (SSSR count). The number of aryl methyl sites for hydroxylation is 1. The Balaban J connectivity index is 1.68. The Labute approximate surface area is 232 Å². The van der Waals surface area contributed by atoms with Crippen molar-refractivity contribution in [2.45, 2.75) is 64.0 Å². The second-order valence-corrected chi connectivity index (χ2v) is 11.4. The first-order valence-electron chi connectivity index (χ1n) is 13.7. The number of fused-ring (bicyclic) bond motifs is 3. The number of aromatic hydroxyl groups is 1. The zero-order chi connectivity index (χ0) is 29.1. The van der Waals surface area contributed by atoms with Crippen molar-refractivity contribution in [1.82, 2.24) is 4.90 Å². The number of ketones is 3. The van der Waals surface area contributed by atoms with Crippen LogP contribution in [0, 0.1) is 11.8 Å². The molecular weight excluding hydrogens is 514 g/mol. The lowest BCUT2D eigenvalue weighted by Gasteiger charge is -2.50. The maximum absolute atomic E-state index is 14.0. The van der Waals surface area contributed by atoms with Gasteiger partial charge in [0.2, 0.25) is 5.78 Å². The number of carbonyl (C=O) groups excluding carboxylic acids is 3. The average Bonchev–Trinajstić information content (AvgIpc) is 3.34. The Bertz CT molecular complexity index is 1480. The summed E-state index contributed by atoms with van der Waals surface area (Å²) in [7, 11) is 3.22. The first-order chi connectivity index (χ1) is 18.9. The molecule has 4 N–H and O–H groups in total. The molecule has 0 amide bonds. The molecule has 0 unspecified atom stereocenters. The predicted octanol–water partition coefficient (Wildman–Crippen LogP) is 4.06. The SMILES string of the molecule is CCCCCc1ccoc1-c1ccc(O)c2c1C[C@H]1C[C@H]3[C@H](N(C)C)C(=O)C(C(C)=O)=C(O)[C@@]3(O)C(=O)C1=C2O. The van der Waals surface area contributed by atoms with Crippen molar-refractivity contribution in [3.8, 4) is 17.1 Å². The number of nitrogens with zero attached hydrogens (tertiary/aromatic N) is 1. The van der Waals surface area contributed by atoms with Gasteiger partial charge in [-0.1, -0.05) is 19.8 Å². The molecule has 1 fully saturated rings. The monoisotopic (exact) mass is 549 g/mol. The topological polar surface area (TPSA) is 149 Å². The van der Waals surface area contributed by atoms with E-state index in [1.165, 1.54) is 11.0 Å². The molecule has 0 bridgehead atoms. The van der Waals surface area contributed by atoms with Crippen LogP contribution >= 0.6 is 0 Å². The van der Waals surface area contributed by atoms with Crippen molar-refractivity contribution in [3.05, 3.63) is 58.1 Å². The van der Waals surface area contributed by atoms with Gasteiger partial charge in [-0.25, -0.2) is 0 Å². The number of aliphatic hydroxyl groups is 3. The molecule has 0 saturated heterocycles. The van der Waals surface area contributed by atoms with Crippen LogP contribution in [0.15, 0.2) is 45.8 Å². The average molecular weight is 550 g/mol. The summed E-state index contributed by atoms with van der Waals surface area (Å²) in [6, 6.07) is 4.03. The molecule has 4 atom stereocenters. The number of furan rings is 1. The summed E-state index contributed by atoms with van der Waals surface area (Å²) in [4.78, 5) is 41.2. The van der Waals surface area contributed by atoms with E-state index < -0.39 is 57.9 Å². The molecule has 0 radical (unpaired) electrons. The van der Waals surface area contributed by atoms with E-state index in [0.717, 1.165) is 38.2 Å². The van der Waals surface area contributed by atoms with E-state index in [9.17, 15) is 34.8 Å². The zero-order valence-corrected chi connectivity index (χ0v) is 23.2. The van der Waals surface area contributed by atoms with Crippen molar-refractivity contribution in [1.29, 1.82) is 0 Å². The summed E-state index contributed by atoms with van der Waals surface area (Å²) >= 11 is 0. The molecule has 9 nitrogen and oxygen atoms in total. The first-order valence-corrected chi connectivity index (χ1v) is 13.7. The van der Waals surface area contributed by atoms with Crippen LogP contribution in [0.2, 0.25) is 0 Å². The highest BCUT2D eigenvalue weighted by Crippen LogP contribution is 2.53. The summed E-state index contributed by atoms with van der Waals surface area (Å²) in [6.07, 6.45) is 5.83.